The highest BCUT2D eigenvalue weighted by Gasteiger charge is 2.26. The van der Waals surface area contributed by atoms with Gasteiger partial charge in [0.05, 0.1) is 6.61 Å². The number of carbonyl (C=O) groups excluding carboxylic acids is 1. The van der Waals surface area contributed by atoms with Gasteiger partial charge in [0, 0.05) is 13.0 Å². The number of hydrogen-bond acceptors (Lipinski definition) is 3. The molecule has 58 valence electrons. The summed E-state index contributed by atoms with van der Waals surface area (Å²) in [6, 6.07) is 0. The van der Waals surface area contributed by atoms with Gasteiger partial charge in [0.15, 0.2) is 6.10 Å². The zero-order valence-electron chi connectivity index (χ0n) is 6.13. The maximum atomic E-state index is 10.7. The molecule has 1 rings (SSSR count). The number of hydrogen-bond donors (Lipinski definition) is 0. The molecule has 1 atom stereocenters. The Balaban J connectivity index is 2.20. The van der Waals surface area contributed by atoms with Crippen molar-refractivity contribution in [3.05, 3.63) is 0 Å². The molecule has 0 amide bonds. The van der Waals surface area contributed by atoms with Crippen LogP contribution in [0.2, 0.25) is 0 Å². The molecule has 0 aromatic rings. The second-order valence-corrected chi connectivity index (χ2v) is 2.32. The van der Waals surface area contributed by atoms with Crippen LogP contribution in [0.5, 0.6) is 0 Å². The van der Waals surface area contributed by atoms with E-state index >= 15 is 0 Å². The molecule has 1 heterocycles. The fourth-order valence-electron chi connectivity index (χ4n) is 0.889. The molecule has 0 aromatic heterocycles. The summed E-state index contributed by atoms with van der Waals surface area (Å²) in [5, 5.41) is 0. The summed E-state index contributed by atoms with van der Waals surface area (Å²) >= 11 is 0. The molecular weight excluding hydrogens is 132 g/mol. The summed E-state index contributed by atoms with van der Waals surface area (Å²) < 4.78 is 9.89. The van der Waals surface area contributed by atoms with Gasteiger partial charge in [0.25, 0.3) is 0 Å². The summed E-state index contributed by atoms with van der Waals surface area (Å²) in [6.07, 6.45) is 1.39. The molecule has 1 aliphatic heterocycles. The first-order valence-corrected chi connectivity index (χ1v) is 3.63. The van der Waals surface area contributed by atoms with Crippen molar-refractivity contribution in [2.75, 3.05) is 13.2 Å². The van der Waals surface area contributed by atoms with Gasteiger partial charge in [-0.25, -0.2) is 4.79 Å². The molecule has 1 unspecified atom stereocenters. The van der Waals surface area contributed by atoms with E-state index in [1.54, 1.807) is 0 Å². The first kappa shape index (κ1) is 7.54. The van der Waals surface area contributed by atoms with Crippen molar-refractivity contribution in [1.29, 1.82) is 0 Å². The van der Waals surface area contributed by atoms with Crippen molar-refractivity contribution < 1.29 is 14.3 Å². The van der Waals surface area contributed by atoms with Crippen molar-refractivity contribution in [2.24, 2.45) is 0 Å². The average molecular weight is 144 g/mol. The van der Waals surface area contributed by atoms with E-state index in [0.29, 0.717) is 13.2 Å². The second kappa shape index (κ2) is 3.56. The van der Waals surface area contributed by atoms with Crippen LogP contribution in [0.1, 0.15) is 19.8 Å². The predicted octanol–water partition coefficient (Wildman–Crippen LogP) is 0.728. The van der Waals surface area contributed by atoms with Crippen molar-refractivity contribution in [1.82, 2.24) is 0 Å². The Morgan fingerprint density at radius 3 is 3.10 bits per heavy atom. The van der Waals surface area contributed by atoms with E-state index in [1.807, 2.05) is 6.92 Å². The quantitative estimate of drug-likeness (QED) is 0.548. The summed E-state index contributed by atoms with van der Waals surface area (Å²) in [5.41, 5.74) is 0. The van der Waals surface area contributed by atoms with E-state index in [1.165, 1.54) is 0 Å². The highest BCUT2D eigenvalue weighted by molar-refractivity contribution is 5.76. The van der Waals surface area contributed by atoms with E-state index in [9.17, 15) is 4.79 Å². The molecule has 1 fully saturated rings. The van der Waals surface area contributed by atoms with Crippen molar-refractivity contribution in [3.8, 4) is 0 Å². The van der Waals surface area contributed by atoms with Gasteiger partial charge in [-0.05, 0) is 6.42 Å². The monoisotopic (exact) mass is 144 g/mol. The topological polar surface area (TPSA) is 35.5 Å². The number of carbonyl (C=O) groups is 1. The van der Waals surface area contributed by atoms with E-state index in [0.717, 1.165) is 12.8 Å². The van der Waals surface area contributed by atoms with Gasteiger partial charge in [0.2, 0.25) is 0 Å². The van der Waals surface area contributed by atoms with Crippen LogP contribution in [-0.2, 0) is 14.3 Å². The van der Waals surface area contributed by atoms with E-state index in [-0.39, 0.29) is 12.1 Å². The lowest BCUT2D eigenvalue weighted by Gasteiger charge is -2.04. The van der Waals surface area contributed by atoms with E-state index in [4.69, 9.17) is 9.47 Å². The third-order valence-electron chi connectivity index (χ3n) is 1.41. The lowest BCUT2D eigenvalue weighted by Crippen LogP contribution is -2.18. The molecule has 0 spiro atoms. The van der Waals surface area contributed by atoms with Gasteiger partial charge in [-0.2, -0.15) is 0 Å². The van der Waals surface area contributed by atoms with Crippen molar-refractivity contribution in [2.45, 2.75) is 25.9 Å². The maximum Gasteiger partial charge on any atom is 0.335 e. The van der Waals surface area contributed by atoms with Gasteiger partial charge < -0.3 is 9.47 Å². The van der Waals surface area contributed by atoms with Gasteiger partial charge in [0.1, 0.15) is 0 Å². The summed E-state index contributed by atoms with van der Waals surface area (Å²) in [6.45, 7) is 3.19. The minimum atomic E-state index is -0.278. The number of esters is 1. The van der Waals surface area contributed by atoms with Gasteiger partial charge in [-0.15, -0.1) is 0 Å². The minimum Gasteiger partial charge on any atom is -0.464 e. The number of cyclic esters (lactones) is 1. The molecule has 0 N–H and O–H groups in total. The fourth-order valence-corrected chi connectivity index (χ4v) is 0.889. The Hall–Kier alpha value is -0.570. The Kier molecular flexibility index (Phi) is 2.68. The van der Waals surface area contributed by atoms with Crippen LogP contribution in [0.3, 0.4) is 0 Å². The zero-order valence-corrected chi connectivity index (χ0v) is 6.13. The third-order valence-corrected chi connectivity index (χ3v) is 1.41. The van der Waals surface area contributed by atoms with Crippen molar-refractivity contribution in [3.63, 3.8) is 0 Å². The lowest BCUT2D eigenvalue weighted by atomic mass is 10.3. The first-order valence-electron chi connectivity index (χ1n) is 3.63. The van der Waals surface area contributed by atoms with Crippen LogP contribution < -0.4 is 0 Å². The summed E-state index contributed by atoms with van der Waals surface area (Å²) in [5.74, 6) is -0.201. The normalized spacial score (nSPS) is 24.9. The third kappa shape index (κ3) is 1.70. The standard InChI is InChI=1S/C7H12O3/c1-2-4-9-6-3-5-10-7(6)8/h6H,2-5H2,1H3. The second-order valence-electron chi connectivity index (χ2n) is 2.32. The SMILES string of the molecule is CCCOC1CCOC1=O. The molecule has 0 aromatic carbocycles. The molecule has 10 heavy (non-hydrogen) atoms. The molecule has 0 bridgehead atoms. The Labute approximate surface area is 60.3 Å². The smallest absolute Gasteiger partial charge is 0.335 e. The molecule has 0 radical (unpaired) electrons. The fraction of sp³-hybridized carbons (Fsp3) is 0.857. The molecular formula is C7H12O3. The van der Waals surface area contributed by atoms with Crippen LogP contribution in [0.25, 0.3) is 0 Å². The molecule has 0 saturated carbocycles. The zero-order chi connectivity index (χ0) is 7.40. The molecule has 0 aliphatic carbocycles. The molecule has 1 aliphatic rings. The Morgan fingerprint density at radius 1 is 1.80 bits per heavy atom. The Bertz CT molecular complexity index is 122. The van der Waals surface area contributed by atoms with Crippen molar-refractivity contribution >= 4 is 5.97 Å². The highest BCUT2D eigenvalue weighted by Crippen LogP contribution is 2.09. The van der Waals surface area contributed by atoms with Crippen LogP contribution in [0.4, 0.5) is 0 Å². The minimum absolute atomic E-state index is 0.201. The van der Waals surface area contributed by atoms with Crippen LogP contribution in [0, 0.1) is 0 Å². The maximum absolute atomic E-state index is 10.7. The highest BCUT2D eigenvalue weighted by atomic mass is 16.6. The van der Waals surface area contributed by atoms with Crippen LogP contribution in [-0.4, -0.2) is 25.3 Å². The molecule has 3 heteroatoms. The first-order chi connectivity index (χ1) is 4.84. The van der Waals surface area contributed by atoms with Gasteiger partial charge >= 0.3 is 5.97 Å². The van der Waals surface area contributed by atoms with Gasteiger partial charge in [-0.3, -0.25) is 0 Å². The number of rotatable bonds is 3. The lowest BCUT2D eigenvalue weighted by molar-refractivity contribution is -0.147. The largest absolute Gasteiger partial charge is 0.464 e. The number of ether oxygens (including phenoxy) is 2. The van der Waals surface area contributed by atoms with E-state index < -0.39 is 0 Å². The molecule has 1 saturated heterocycles. The summed E-state index contributed by atoms with van der Waals surface area (Å²) in [7, 11) is 0. The average Bonchev–Trinajstić information content (AvgIpc) is 2.31. The van der Waals surface area contributed by atoms with Gasteiger partial charge in [-0.1, -0.05) is 6.92 Å². The van der Waals surface area contributed by atoms with E-state index in [2.05, 4.69) is 0 Å². The van der Waals surface area contributed by atoms with Crippen LogP contribution in [0.15, 0.2) is 0 Å². The predicted molar refractivity (Wildman–Crippen MR) is 35.6 cm³/mol. The van der Waals surface area contributed by atoms with Crippen LogP contribution >= 0.6 is 0 Å². The Morgan fingerprint density at radius 2 is 2.60 bits per heavy atom. The summed E-state index contributed by atoms with van der Waals surface area (Å²) in [4.78, 5) is 10.7. The molecule has 3 nitrogen and oxygen atoms in total.